The Hall–Kier alpha value is -2.56. The van der Waals surface area contributed by atoms with Crippen molar-refractivity contribution in [3.05, 3.63) is 59.9 Å². The van der Waals surface area contributed by atoms with Gasteiger partial charge in [-0.25, -0.2) is 0 Å². The zero-order valence-corrected chi connectivity index (χ0v) is 15.4. The number of hydrogen-bond acceptors (Lipinski definition) is 2. The molecule has 0 N–H and O–H groups in total. The first kappa shape index (κ1) is 16.9. The van der Waals surface area contributed by atoms with Gasteiger partial charge in [0.15, 0.2) is 0 Å². The second kappa shape index (κ2) is 6.31. The highest BCUT2D eigenvalue weighted by Gasteiger charge is 2.54. The molecule has 3 heterocycles. The highest BCUT2D eigenvalue weighted by atomic mass is 16.2. The van der Waals surface area contributed by atoms with Gasteiger partial charge < -0.3 is 14.4 Å². The van der Waals surface area contributed by atoms with Crippen LogP contribution in [0.15, 0.2) is 48.7 Å². The molecular formula is C21H25N3O2. The SMILES string of the molecule is CN1C[C@@H](c2ccccc2)C2(CCN(C(=O)c3cccn3C)CC2)C1=O. The Labute approximate surface area is 154 Å². The summed E-state index contributed by atoms with van der Waals surface area (Å²) in [7, 11) is 3.79. The van der Waals surface area contributed by atoms with E-state index in [1.165, 1.54) is 5.56 Å². The van der Waals surface area contributed by atoms with Gasteiger partial charge in [0.05, 0.1) is 5.41 Å². The van der Waals surface area contributed by atoms with E-state index in [-0.39, 0.29) is 23.1 Å². The number of aryl methyl sites for hydroxylation is 1. The summed E-state index contributed by atoms with van der Waals surface area (Å²) in [6.07, 6.45) is 3.34. The second-order valence-electron chi connectivity index (χ2n) is 7.60. The van der Waals surface area contributed by atoms with Crippen molar-refractivity contribution in [2.45, 2.75) is 18.8 Å². The van der Waals surface area contributed by atoms with Gasteiger partial charge in [-0.05, 0) is 30.5 Å². The molecule has 2 amide bonds. The van der Waals surface area contributed by atoms with Gasteiger partial charge in [0.1, 0.15) is 5.69 Å². The Bertz CT molecular complexity index is 819. The number of piperidine rings is 1. The van der Waals surface area contributed by atoms with Gasteiger partial charge >= 0.3 is 0 Å². The zero-order chi connectivity index (χ0) is 18.3. The molecule has 1 aromatic carbocycles. The van der Waals surface area contributed by atoms with Crippen LogP contribution in [0.25, 0.3) is 0 Å². The Balaban J connectivity index is 1.57. The lowest BCUT2D eigenvalue weighted by Crippen LogP contribution is -2.48. The minimum Gasteiger partial charge on any atom is -0.347 e. The molecule has 1 atom stereocenters. The number of benzene rings is 1. The van der Waals surface area contributed by atoms with Crippen LogP contribution in [0.5, 0.6) is 0 Å². The lowest BCUT2D eigenvalue weighted by molar-refractivity contribution is -0.137. The van der Waals surface area contributed by atoms with Crippen LogP contribution in [0.4, 0.5) is 0 Å². The molecule has 2 aliphatic rings. The fourth-order valence-corrected chi connectivity index (χ4v) is 4.69. The molecule has 5 heteroatoms. The van der Waals surface area contributed by atoms with E-state index in [4.69, 9.17) is 0 Å². The molecule has 2 fully saturated rings. The Morgan fingerprint density at radius 1 is 1.04 bits per heavy atom. The van der Waals surface area contributed by atoms with Crippen LogP contribution in [-0.2, 0) is 11.8 Å². The van der Waals surface area contributed by atoms with Crippen molar-refractivity contribution in [2.24, 2.45) is 12.5 Å². The fraction of sp³-hybridized carbons (Fsp3) is 0.429. The number of amides is 2. The maximum Gasteiger partial charge on any atom is 0.270 e. The van der Waals surface area contributed by atoms with Crippen LogP contribution in [-0.4, -0.2) is 52.9 Å². The average Bonchev–Trinajstić information content (AvgIpc) is 3.20. The van der Waals surface area contributed by atoms with E-state index in [1.807, 2.05) is 65.0 Å². The van der Waals surface area contributed by atoms with E-state index in [0.29, 0.717) is 18.8 Å². The topological polar surface area (TPSA) is 45.5 Å². The Morgan fingerprint density at radius 2 is 1.73 bits per heavy atom. The maximum absolute atomic E-state index is 13.0. The van der Waals surface area contributed by atoms with Crippen molar-refractivity contribution in [3.8, 4) is 0 Å². The Morgan fingerprint density at radius 3 is 2.35 bits per heavy atom. The summed E-state index contributed by atoms with van der Waals surface area (Å²) in [5.41, 5.74) is 1.56. The molecule has 0 saturated carbocycles. The molecule has 4 rings (SSSR count). The number of hydrogen-bond donors (Lipinski definition) is 0. The number of rotatable bonds is 2. The van der Waals surface area contributed by atoms with E-state index in [1.54, 1.807) is 0 Å². The van der Waals surface area contributed by atoms with Gasteiger partial charge in [-0.2, -0.15) is 0 Å². The molecule has 1 aromatic heterocycles. The summed E-state index contributed by atoms with van der Waals surface area (Å²) < 4.78 is 1.86. The molecule has 136 valence electrons. The molecular weight excluding hydrogens is 326 g/mol. The average molecular weight is 351 g/mol. The van der Waals surface area contributed by atoms with Crippen molar-refractivity contribution in [1.82, 2.24) is 14.4 Å². The highest BCUT2D eigenvalue weighted by molar-refractivity contribution is 5.93. The third kappa shape index (κ3) is 2.54. The van der Waals surface area contributed by atoms with Gasteiger partial charge in [-0.1, -0.05) is 30.3 Å². The third-order valence-corrected chi connectivity index (χ3v) is 6.20. The van der Waals surface area contributed by atoms with E-state index in [2.05, 4.69) is 12.1 Å². The van der Waals surface area contributed by atoms with Crippen molar-refractivity contribution in [2.75, 3.05) is 26.7 Å². The van der Waals surface area contributed by atoms with Crippen LogP contribution < -0.4 is 0 Å². The molecule has 0 bridgehead atoms. The smallest absolute Gasteiger partial charge is 0.270 e. The summed E-state index contributed by atoms with van der Waals surface area (Å²) in [4.78, 5) is 29.6. The maximum atomic E-state index is 13.0. The predicted octanol–water partition coefficient (Wildman–Crippen LogP) is 2.50. The Kier molecular flexibility index (Phi) is 4.10. The molecule has 0 unspecified atom stereocenters. The summed E-state index contributed by atoms with van der Waals surface area (Å²) in [5.74, 6) is 0.494. The molecule has 2 aliphatic heterocycles. The van der Waals surface area contributed by atoms with Crippen molar-refractivity contribution >= 4 is 11.8 Å². The predicted molar refractivity (Wildman–Crippen MR) is 99.8 cm³/mol. The first-order chi connectivity index (χ1) is 12.5. The van der Waals surface area contributed by atoms with E-state index >= 15 is 0 Å². The molecule has 2 saturated heterocycles. The van der Waals surface area contributed by atoms with Gasteiger partial charge in [-0.15, -0.1) is 0 Å². The zero-order valence-electron chi connectivity index (χ0n) is 15.4. The molecule has 0 aliphatic carbocycles. The fourth-order valence-electron chi connectivity index (χ4n) is 4.69. The first-order valence-electron chi connectivity index (χ1n) is 9.24. The number of carbonyl (C=O) groups is 2. The van der Waals surface area contributed by atoms with Crippen LogP contribution in [0.1, 0.15) is 34.8 Å². The molecule has 2 aromatic rings. The number of likely N-dealkylation sites (N-methyl/N-ethyl adjacent to an activating group) is 1. The number of nitrogens with zero attached hydrogens (tertiary/aromatic N) is 3. The number of carbonyl (C=O) groups excluding carboxylic acids is 2. The van der Waals surface area contributed by atoms with Gasteiger partial charge in [0.2, 0.25) is 5.91 Å². The van der Waals surface area contributed by atoms with Gasteiger partial charge in [-0.3, -0.25) is 9.59 Å². The summed E-state index contributed by atoms with van der Waals surface area (Å²) in [6, 6.07) is 14.1. The van der Waals surface area contributed by atoms with Crippen LogP contribution in [0.3, 0.4) is 0 Å². The molecule has 5 nitrogen and oxygen atoms in total. The van der Waals surface area contributed by atoms with Crippen molar-refractivity contribution in [3.63, 3.8) is 0 Å². The minimum atomic E-state index is -0.374. The lowest BCUT2D eigenvalue weighted by atomic mass is 9.68. The highest BCUT2D eigenvalue weighted by Crippen LogP contribution is 2.50. The van der Waals surface area contributed by atoms with Crippen molar-refractivity contribution in [1.29, 1.82) is 0 Å². The van der Waals surface area contributed by atoms with Crippen LogP contribution in [0, 0.1) is 5.41 Å². The second-order valence-corrected chi connectivity index (χ2v) is 7.60. The third-order valence-electron chi connectivity index (χ3n) is 6.20. The van der Waals surface area contributed by atoms with E-state index in [9.17, 15) is 9.59 Å². The summed E-state index contributed by atoms with van der Waals surface area (Å²) >= 11 is 0. The first-order valence-corrected chi connectivity index (χ1v) is 9.24. The van der Waals surface area contributed by atoms with Gasteiger partial charge in [0, 0.05) is 45.8 Å². The number of likely N-dealkylation sites (tertiary alicyclic amines) is 2. The quantitative estimate of drug-likeness (QED) is 0.835. The van der Waals surface area contributed by atoms with E-state index in [0.717, 1.165) is 19.4 Å². The summed E-state index contributed by atoms with van der Waals surface area (Å²) in [6.45, 7) is 2.02. The van der Waals surface area contributed by atoms with Gasteiger partial charge in [0.25, 0.3) is 5.91 Å². The number of aromatic nitrogens is 1. The monoisotopic (exact) mass is 351 g/mol. The van der Waals surface area contributed by atoms with Crippen LogP contribution >= 0.6 is 0 Å². The molecule has 0 radical (unpaired) electrons. The van der Waals surface area contributed by atoms with Crippen LogP contribution in [0.2, 0.25) is 0 Å². The normalized spacial score (nSPS) is 22.2. The largest absolute Gasteiger partial charge is 0.347 e. The molecule has 26 heavy (non-hydrogen) atoms. The minimum absolute atomic E-state index is 0.0578. The van der Waals surface area contributed by atoms with E-state index < -0.39 is 0 Å². The molecule has 1 spiro atoms. The summed E-state index contributed by atoms with van der Waals surface area (Å²) in [5, 5.41) is 0. The van der Waals surface area contributed by atoms with Crippen molar-refractivity contribution < 1.29 is 9.59 Å². The lowest BCUT2D eigenvalue weighted by Gasteiger charge is -2.41. The standard InChI is InChI=1S/C21H25N3O2/c1-22-12-6-9-18(22)19(25)24-13-10-21(11-14-24)17(15-23(2)20(21)26)16-7-4-3-5-8-16/h3-9,12,17H,10-11,13-15H2,1-2H3/t17-/m0/s1.